The van der Waals surface area contributed by atoms with Gasteiger partial charge in [-0.3, -0.25) is 4.79 Å². The Balaban J connectivity index is 2.03. The van der Waals surface area contributed by atoms with Gasteiger partial charge in [0.2, 0.25) is 5.91 Å². The first kappa shape index (κ1) is 17.1. The van der Waals surface area contributed by atoms with Crippen LogP contribution in [0.1, 0.15) is 18.4 Å². The van der Waals surface area contributed by atoms with Crippen LogP contribution in [0.15, 0.2) is 18.2 Å². The SMILES string of the molecule is N#Cc1ccc(N2CCCC(C(=O)NCC(F)(F)F)C2)c(F)c1. The molecule has 1 N–H and O–H groups in total. The van der Waals surface area contributed by atoms with Gasteiger partial charge in [0, 0.05) is 13.1 Å². The van der Waals surface area contributed by atoms with Crippen molar-refractivity contribution in [2.45, 2.75) is 19.0 Å². The smallest absolute Gasteiger partial charge is 0.368 e. The Labute approximate surface area is 130 Å². The Bertz CT molecular complexity index is 624. The van der Waals surface area contributed by atoms with Gasteiger partial charge >= 0.3 is 6.18 Å². The third kappa shape index (κ3) is 4.58. The fraction of sp³-hybridized carbons (Fsp3) is 0.467. The number of hydrogen-bond acceptors (Lipinski definition) is 3. The molecule has 1 amide bonds. The summed E-state index contributed by atoms with van der Waals surface area (Å²) in [6.07, 6.45) is -3.43. The topological polar surface area (TPSA) is 56.1 Å². The zero-order chi connectivity index (χ0) is 17.0. The van der Waals surface area contributed by atoms with Crippen LogP contribution in [0.5, 0.6) is 0 Å². The van der Waals surface area contributed by atoms with Crippen LogP contribution in [-0.2, 0) is 4.79 Å². The number of anilines is 1. The molecule has 1 saturated heterocycles. The number of alkyl halides is 3. The second kappa shape index (κ2) is 6.86. The van der Waals surface area contributed by atoms with E-state index in [9.17, 15) is 22.4 Å². The van der Waals surface area contributed by atoms with Crippen molar-refractivity contribution in [3.05, 3.63) is 29.6 Å². The number of benzene rings is 1. The minimum Gasteiger partial charge on any atom is -0.368 e. The van der Waals surface area contributed by atoms with Gasteiger partial charge in [0.25, 0.3) is 0 Å². The Morgan fingerprint density at radius 3 is 2.78 bits per heavy atom. The van der Waals surface area contributed by atoms with E-state index in [0.717, 1.165) is 6.07 Å². The van der Waals surface area contributed by atoms with Crippen LogP contribution in [0.25, 0.3) is 0 Å². The van der Waals surface area contributed by atoms with Gasteiger partial charge in [-0.2, -0.15) is 18.4 Å². The summed E-state index contributed by atoms with van der Waals surface area (Å²) < 4.78 is 50.5. The average molecular weight is 329 g/mol. The number of nitrogens with one attached hydrogen (secondary N) is 1. The second-order valence-electron chi connectivity index (χ2n) is 5.40. The highest BCUT2D eigenvalue weighted by Gasteiger charge is 2.31. The fourth-order valence-electron chi connectivity index (χ4n) is 2.57. The van der Waals surface area contributed by atoms with Crippen molar-refractivity contribution in [3.8, 4) is 6.07 Å². The number of carbonyl (C=O) groups is 1. The molecule has 4 nitrogen and oxygen atoms in total. The summed E-state index contributed by atoms with van der Waals surface area (Å²) in [5.74, 6) is -1.89. The largest absolute Gasteiger partial charge is 0.405 e. The molecule has 1 fully saturated rings. The fourth-order valence-corrected chi connectivity index (χ4v) is 2.57. The van der Waals surface area contributed by atoms with Gasteiger partial charge in [0.05, 0.1) is 23.2 Å². The predicted molar refractivity (Wildman–Crippen MR) is 75.1 cm³/mol. The van der Waals surface area contributed by atoms with Crippen LogP contribution in [-0.4, -0.2) is 31.7 Å². The molecule has 1 aromatic rings. The number of hydrogen-bond donors (Lipinski definition) is 1. The van der Waals surface area contributed by atoms with E-state index in [4.69, 9.17) is 5.26 Å². The molecule has 1 unspecified atom stereocenters. The molecule has 1 aromatic carbocycles. The van der Waals surface area contributed by atoms with E-state index in [1.165, 1.54) is 12.1 Å². The van der Waals surface area contributed by atoms with Gasteiger partial charge in [0.1, 0.15) is 12.4 Å². The molecule has 1 heterocycles. The second-order valence-corrected chi connectivity index (χ2v) is 5.40. The quantitative estimate of drug-likeness (QED) is 0.867. The van der Waals surface area contributed by atoms with Crippen molar-refractivity contribution in [3.63, 3.8) is 0 Å². The number of amides is 1. The lowest BCUT2D eigenvalue weighted by molar-refractivity contribution is -0.140. The highest BCUT2D eigenvalue weighted by atomic mass is 19.4. The first-order valence-electron chi connectivity index (χ1n) is 7.09. The maximum Gasteiger partial charge on any atom is 0.405 e. The van der Waals surface area contributed by atoms with E-state index in [0.29, 0.717) is 19.4 Å². The molecule has 0 aromatic heterocycles. The van der Waals surface area contributed by atoms with Crippen LogP contribution < -0.4 is 10.2 Å². The van der Waals surface area contributed by atoms with Crippen LogP contribution >= 0.6 is 0 Å². The van der Waals surface area contributed by atoms with Gasteiger partial charge in [0.15, 0.2) is 0 Å². The molecule has 8 heteroatoms. The summed E-state index contributed by atoms with van der Waals surface area (Å²) >= 11 is 0. The highest BCUT2D eigenvalue weighted by Crippen LogP contribution is 2.26. The van der Waals surface area contributed by atoms with Crippen molar-refractivity contribution in [2.24, 2.45) is 5.92 Å². The molecule has 124 valence electrons. The van der Waals surface area contributed by atoms with Crippen molar-refractivity contribution < 1.29 is 22.4 Å². The first-order chi connectivity index (χ1) is 10.8. The Hall–Kier alpha value is -2.30. The highest BCUT2D eigenvalue weighted by molar-refractivity contribution is 5.79. The maximum atomic E-state index is 14.0. The molecule has 0 bridgehead atoms. The van der Waals surface area contributed by atoms with Crippen molar-refractivity contribution in [2.75, 3.05) is 24.5 Å². The van der Waals surface area contributed by atoms with Gasteiger partial charge in [-0.25, -0.2) is 4.39 Å². The molecule has 0 radical (unpaired) electrons. The monoisotopic (exact) mass is 329 g/mol. The third-order valence-electron chi connectivity index (χ3n) is 3.67. The molecule has 23 heavy (non-hydrogen) atoms. The summed E-state index contributed by atoms with van der Waals surface area (Å²) in [4.78, 5) is 13.5. The number of piperidine rings is 1. The number of nitrogens with zero attached hydrogens (tertiary/aromatic N) is 2. The molecule has 0 spiro atoms. The molecule has 1 aliphatic rings. The van der Waals surface area contributed by atoms with Crippen LogP contribution in [0.2, 0.25) is 0 Å². The molecular weight excluding hydrogens is 314 g/mol. The zero-order valence-corrected chi connectivity index (χ0v) is 12.2. The summed E-state index contributed by atoms with van der Waals surface area (Å²) in [6, 6.07) is 5.84. The van der Waals surface area contributed by atoms with Crippen LogP contribution in [0.3, 0.4) is 0 Å². The molecule has 0 aliphatic carbocycles. The number of carbonyl (C=O) groups excluding carboxylic acids is 1. The third-order valence-corrected chi connectivity index (χ3v) is 3.67. The Morgan fingerprint density at radius 2 is 2.17 bits per heavy atom. The van der Waals surface area contributed by atoms with E-state index >= 15 is 0 Å². The molecule has 1 aliphatic heterocycles. The molecule has 0 saturated carbocycles. The standard InChI is InChI=1S/C15H15F4N3O/c16-12-6-10(7-20)3-4-13(12)22-5-1-2-11(8-22)14(23)21-9-15(17,18)19/h3-4,6,11H,1-2,5,8-9H2,(H,21,23). The maximum absolute atomic E-state index is 14.0. The minimum absolute atomic E-state index is 0.145. The van der Waals surface area contributed by atoms with Gasteiger partial charge in [-0.05, 0) is 31.0 Å². The van der Waals surface area contributed by atoms with Gasteiger partial charge in [-0.15, -0.1) is 0 Å². The van der Waals surface area contributed by atoms with Crippen LogP contribution in [0.4, 0.5) is 23.2 Å². The van der Waals surface area contributed by atoms with E-state index in [-0.39, 0.29) is 17.8 Å². The average Bonchev–Trinajstić information content (AvgIpc) is 2.51. The normalized spacial score (nSPS) is 18.4. The summed E-state index contributed by atoms with van der Waals surface area (Å²) in [7, 11) is 0. The number of halogens is 4. The number of nitriles is 1. The lowest BCUT2D eigenvalue weighted by atomic mass is 9.96. The van der Waals surface area contributed by atoms with Gasteiger partial charge < -0.3 is 10.2 Å². The van der Waals surface area contributed by atoms with E-state index in [2.05, 4.69) is 0 Å². The Kier molecular flexibility index (Phi) is 5.08. The lowest BCUT2D eigenvalue weighted by Crippen LogP contribution is -2.45. The van der Waals surface area contributed by atoms with Crippen molar-refractivity contribution in [1.29, 1.82) is 5.26 Å². The summed E-state index contributed by atoms with van der Waals surface area (Å²) in [5.41, 5.74) is 0.431. The summed E-state index contributed by atoms with van der Waals surface area (Å²) in [5, 5.41) is 10.6. The van der Waals surface area contributed by atoms with Gasteiger partial charge in [-0.1, -0.05) is 0 Å². The molecule has 2 rings (SSSR count). The van der Waals surface area contributed by atoms with E-state index < -0.39 is 30.4 Å². The zero-order valence-electron chi connectivity index (χ0n) is 12.2. The first-order valence-corrected chi connectivity index (χ1v) is 7.09. The predicted octanol–water partition coefficient (Wildman–Crippen LogP) is 2.59. The summed E-state index contributed by atoms with van der Waals surface area (Å²) in [6.45, 7) is -0.716. The lowest BCUT2D eigenvalue weighted by Gasteiger charge is -2.34. The minimum atomic E-state index is -4.46. The van der Waals surface area contributed by atoms with Crippen LogP contribution in [0, 0.1) is 23.1 Å². The van der Waals surface area contributed by atoms with Crippen molar-refractivity contribution >= 4 is 11.6 Å². The molecule has 1 atom stereocenters. The van der Waals surface area contributed by atoms with E-state index in [1.54, 1.807) is 4.90 Å². The molecular formula is C15H15F4N3O. The van der Waals surface area contributed by atoms with E-state index in [1.807, 2.05) is 11.4 Å². The Morgan fingerprint density at radius 1 is 1.43 bits per heavy atom. The van der Waals surface area contributed by atoms with Crippen molar-refractivity contribution in [1.82, 2.24) is 5.32 Å². The number of rotatable bonds is 3.